The molecule has 1 amide bonds. The van der Waals surface area contributed by atoms with Crippen LogP contribution < -0.4 is 11.1 Å². The van der Waals surface area contributed by atoms with Gasteiger partial charge in [-0.25, -0.2) is 0 Å². The number of hydrogen-bond acceptors (Lipinski definition) is 3. The molecule has 4 N–H and O–H groups in total. The molecule has 110 valence electrons. The predicted molar refractivity (Wildman–Crippen MR) is 79.4 cm³/mol. The molecule has 1 fully saturated rings. The fourth-order valence-electron chi connectivity index (χ4n) is 2.83. The van der Waals surface area contributed by atoms with Crippen LogP contribution in [0.4, 0.5) is 0 Å². The molecule has 20 heavy (non-hydrogen) atoms. The number of carbonyl (C=O) groups is 1. The van der Waals surface area contributed by atoms with E-state index in [9.17, 15) is 9.90 Å². The molecule has 0 spiro atoms. The quantitative estimate of drug-likeness (QED) is 0.788. The third-order valence-electron chi connectivity index (χ3n) is 4.11. The van der Waals surface area contributed by atoms with E-state index in [4.69, 9.17) is 5.73 Å². The van der Waals surface area contributed by atoms with Gasteiger partial charge in [0.05, 0.1) is 6.04 Å². The smallest absolute Gasteiger partial charge is 0.237 e. The Morgan fingerprint density at radius 1 is 1.30 bits per heavy atom. The van der Waals surface area contributed by atoms with Crippen LogP contribution in [-0.4, -0.2) is 22.6 Å². The third-order valence-corrected chi connectivity index (χ3v) is 4.11. The maximum atomic E-state index is 12.2. The second-order valence-electron chi connectivity index (χ2n) is 6.09. The van der Waals surface area contributed by atoms with Crippen molar-refractivity contribution in [2.75, 3.05) is 0 Å². The van der Waals surface area contributed by atoms with Crippen molar-refractivity contribution in [2.24, 2.45) is 5.73 Å². The van der Waals surface area contributed by atoms with Crippen molar-refractivity contribution in [3.05, 3.63) is 29.8 Å². The summed E-state index contributed by atoms with van der Waals surface area (Å²) in [5.74, 6) is 0.143. The molecule has 2 rings (SSSR count). The standard InChI is InChI=1S/C16H24N2O2/c1-16(9-3-2-4-10-16)18-15(20)14(17)11-12-5-7-13(19)8-6-12/h5-8,14,19H,2-4,9-11,17H2,1H3,(H,18,20)/t14-/m0/s1. The van der Waals surface area contributed by atoms with Gasteiger partial charge in [-0.2, -0.15) is 0 Å². The van der Waals surface area contributed by atoms with Gasteiger partial charge in [0.15, 0.2) is 0 Å². The molecule has 0 bridgehead atoms. The van der Waals surface area contributed by atoms with Crippen molar-refractivity contribution in [2.45, 2.75) is 57.0 Å². The van der Waals surface area contributed by atoms with Gasteiger partial charge in [0.25, 0.3) is 0 Å². The molecule has 4 heteroatoms. The lowest BCUT2D eigenvalue weighted by Crippen LogP contribution is -2.53. The van der Waals surface area contributed by atoms with E-state index in [2.05, 4.69) is 12.2 Å². The summed E-state index contributed by atoms with van der Waals surface area (Å²) in [4.78, 5) is 12.2. The predicted octanol–water partition coefficient (Wildman–Crippen LogP) is 2.10. The van der Waals surface area contributed by atoms with Crippen LogP contribution in [0.15, 0.2) is 24.3 Å². The summed E-state index contributed by atoms with van der Waals surface area (Å²) >= 11 is 0. The molecular formula is C16H24N2O2. The molecular weight excluding hydrogens is 252 g/mol. The van der Waals surface area contributed by atoms with Gasteiger partial charge in [0, 0.05) is 5.54 Å². The molecule has 1 saturated carbocycles. The number of carbonyl (C=O) groups excluding carboxylic acids is 1. The minimum absolute atomic E-state index is 0.0810. The minimum atomic E-state index is -0.543. The van der Waals surface area contributed by atoms with Crippen LogP contribution in [0, 0.1) is 0 Å². The minimum Gasteiger partial charge on any atom is -0.508 e. The molecule has 1 aromatic rings. The van der Waals surface area contributed by atoms with E-state index in [0.717, 1.165) is 18.4 Å². The number of aromatic hydroxyl groups is 1. The van der Waals surface area contributed by atoms with Crippen LogP contribution >= 0.6 is 0 Å². The van der Waals surface area contributed by atoms with Gasteiger partial charge in [-0.1, -0.05) is 31.4 Å². The molecule has 0 aromatic heterocycles. The van der Waals surface area contributed by atoms with E-state index in [0.29, 0.717) is 6.42 Å². The van der Waals surface area contributed by atoms with Crippen molar-refractivity contribution >= 4 is 5.91 Å². The van der Waals surface area contributed by atoms with Gasteiger partial charge in [-0.05, 0) is 43.9 Å². The number of phenolic OH excluding ortho intramolecular Hbond substituents is 1. The number of nitrogens with two attached hydrogens (primary N) is 1. The van der Waals surface area contributed by atoms with Crippen molar-refractivity contribution in [3.8, 4) is 5.75 Å². The lowest BCUT2D eigenvalue weighted by molar-refractivity contribution is -0.124. The summed E-state index contributed by atoms with van der Waals surface area (Å²) in [6, 6.07) is 6.28. The summed E-state index contributed by atoms with van der Waals surface area (Å²) in [5.41, 5.74) is 6.85. The molecule has 0 unspecified atom stereocenters. The highest BCUT2D eigenvalue weighted by Crippen LogP contribution is 2.27. The Balaban J connectivity index is 1.89. The van der Waals surface area contributed by atoms with Gasteiger partial charge in [-0.15, -0.1) is 0 Å². The summed E-state index contributed by atoms with van der Waals surface area (Å²) in [6.45, 7) is 2.11. The van der Waals surface area contributed by atoms with Gasteiger partial charge in [0.1, 0.15) is 5.75 Å². The summed E-state index contributed by atoms with van der Waals surface area (Å²) in [7, 11) is 0. The van der Waals surface area contributed by atoms with E-state index in [1.807, 2.05) is 0 Å². The highest BCUT2D eigenvalue weighted by atomic mass is 16.3. The number of hydrogen-bond donors (Lipinski definition) is 3. The lowest BCUT2D eigenvalue weighted by Gasteiger charge is -2.35. The molecule has 0 saturated heterocycles. The Labute approximate surface area is 120 Å². The number of nitrogens with one attached hydrogen (secondary N) is 1. The Morgan fingerprint density at radius 2 is 1.90 bits per heavy atom. The van der Waals surface area contributed by atoms with E-state index in [1.165, 1.54) is 19.3 Å². The number of phenols is 1. The number of amides is 1. The summed E-state index contributed by atoms with van der Waals surface area (Å²) in [5, 5.41) is 12.4. The van der Waals surface area contributed by atoms with E-state index in [-0.39, 0.29) is 17.2 Å². The van der Waals surface area contributed by atoms with Gasteiger partial charge < -0.3 is 16.2 Å². The van der Waals surface area contributed by atoms with Crippen LogP contribution in [0.2, 0.25) is 0 Å². The zero-order valence-corrected chi connectivity index (χ0v) is 12.1. The van der Waals surface area contributed by atoms with Crippen molar-refractivity contribution in [1.29, 1.82) is 0 Å². The van der Waals surface area contributed by atoms with E-state index in [1.54, 1.807) is 24.3 Å². The zero-order valence-electron chi connectivity index (χ0n) is 12.1. The highest BCUT2D eigenvalue weighted by Gasteiger charge is 2.29. The molecule has 1 aliphatic carbocycles. The maximum Gasteiger partial charge on any atom is 0.237 e. The molecule has 0 aliphatic heterocycles. The Morgan fingerprint density at radius 3 is 2.50 bits per heavy atom. The first kappa shape index (κ1) is 14.9. The average molecular weight is 276 g/mol. The molecule has 1 aromatic carbocycles. The number of benzene rings is 1. The van der Waals surface area contributed by atoms with Crippen molar-refractivity contribution in [1.82, 2.24) is 5.32 Å². The second-order valence-corrected chi connectivity index (χ2v) is 6.09. The third kappa shape index (κ3) is 3.97. The fraction of sp³-hybridized carbons (Fsp3) is 0.562. The Kier molecular flexibility index (Phi) is 4.65. The van der Waals surface area contributed by atoms with Crippen LogP contribution in [0.5, 0.6) is 5.75 Å². The first-order chi connectivity index (χ1) is 9.48. The molecule has 4 nitrogen and oxygen atoms in total. The molecule has 1 aliphatic rings. The molecule has 1 atom stereocenters. The number of rotatable bonds is 4. The van der Waals surface area contributed by atoms with Crippen LogP contribution in [0.25, 0.3) is 0 Å². The topological polar surface area (TPSA) is 75.4 Å². The zero-order chi connectivity index (χ0) is 14.6. The van der Waals surface area contributed by atoms with Crippen LogP contribution in [0.3, 0.4) is 0 Å². The van der Waals surface area contributed by atoms with Crippen LogP contribution in [-0.2, 0) is 11.2 Å². The Hall–Kier alpha value is -1.55. The monoisotopic (exact) mass is 276 g/mol. The van der Waals surface area contributed by atoms with E-state index < -0.39 is 6.04 Å². The van der Waals surface area contributed by atoms with E-state index >= 15 is 0 Å². The first-order valence-electron chi connectivity index (χ1n) is 7.34. The van der Waals surface area contributed by atoms with Crippen molar-refractivity contribution < 1.29 is 9.90 Å². The Bertz CT molecular complexity index is 450. The summed E-state index contributed by atoms with van der Waals surface area (Å²) in [6.07, 6.45) is 6.15. The normalized spacial score (nSPS) is 19.3. The lowest BCUT2D eigenvalue weighted by atomic mass is 9.83. The highest BCUT2D eigenvalue weighted by molar-refractivity contribution is 5.82. The maximum absolute atomic E-state index is 12.2. The summed E-state index contributed by atoms with van der Waals surface area (Å²) < 4.78 is 0. The van der Waals surface area contributed by atoms with Crippen molar-refractivity contribution in [3.63, 3.8) is 0 Å². The average Bonchev–Trinajstić information content (AvgIpc) is 2.41. The van der Waals surface area contributed by atoms with Gasteiger partial charge in [-0.3, -0.25) is 4.79 Å². The first-order valence-corrected chi connectivity index (χ1v) is 7.34. The van der Waals surface area contributed by atoms with Gasteiger partial charge >= 0.3 is 0 Å². The fourth-order valence-corrected chi connectivity index (χ4v) is 2.83. The second kappa shape index (κ2) is 6.27. The largest absolute Gasteiger partial charge is 0.508 e. The molecule has 0 radical (unpaired) electrons. The SMILES string of the molecule is CC1(NC(=O)[C@@H](N)Cc2ccc(O)cc2)CCCCC1. The van der Waals surface area contributed by atoms with Gasteiger partial charge in [0.2, 0.25) is 5.91 Å². The van der Waals surface area contributed by atoms with Crippen LogP contribution in [0.1, 0.15) is 44.6 Å². The molecule has 0 heterocycles.